The molecule has 0 saturated heterocycles. The van der Waals surface area contributed by atoms with Crippen molar-refractivity contribution < 1.29 is 0 Å². The molecule has 1 N–H and O–H groups in total. The largest absolute Gasteiger partial charge is 0.335 e. The molecule has 106 valence electrons. The molecule has 0 spiro atoms. The van der Waals surface area contributed by atoms with Crippen molar-refractivity contribution in [2.45, 2.75) is 6.54 Å². The molecule has 0 unspecified atom stereocenters. The van der Waals surface area contributed by atoms with Crippen LogP contribution in [0.4, 0.5) is 11.5 Å². The van der Waals surface area contributed by atoms with E-state index in [1.807, 2.05) is 12.3 Å². The fourth-order valence-electron chi connectivity index (χ4n) is 1.56. The zero-order valence-electron chi connectivity index (χ0n) is 10.6. The summed E-state index contributed by atoms with van der Waals surface area (Å²) in [6.45, 7) is 0.668. The lowest BCUT2D eigenvalue weighted by molar-refractivity contribution is 0.737. The van der Waals surface area contributed by atoms with Crippen LogP contribution in [0.15, 0.2) is 33.8 Å². The number of anilines is 2. The maximum absolute atomic E-state index is 12.3. The smallest absolute Gasteiger partial charge is 0.274 e. The third-order valence-electron chi connectivity index (χ3n) is 2.52. The summed E-state index contributed by atoms with van der Waals surface area (Å²) in [5.74, 6) is 1.34. The van der Waals surface area contributed by atoms with Crippen LogP contribution in [0.5, 0.6) is 0 Å². The van der Waals surface area contributed by atoms with Crippen molar-refractivity contribution in [2.75, 3.05) is 17.3 Å². The molecule has 0 aliphatic heterocycles. The summed E-state index contributed by atoms with van der Waals surface area (Å²) < 4.78 is 2.30. The molecule has 2 heterocycles. The summed E-state index contributed by atoms with van der Waals surface area (Å²) in [6.07, 6.45) is 5.31. The molecule has 2 aromatic heterocycles. The molecule has 0 atom stereocenters. The molecule has 0 aliphatic rings. The van der Waals surface area contributed by atoms with E-state index in [4.69, 9.17) is 11.6 Å². The number of aryl methyl sites for hydroxylation is 1. The van der Waals surface area contributed by atoms with E-state index in [1.54, 1.807) is 28.6 Å². The van der Waals surface area contributed by atoms with E-state index >= 15 is 0 Å². The van der Waals surface area contributed by atoms with Crippen LogP contribution in [0.1, 0.15) is 0 Å². The van der Waals surface area contributed by atoms with Gasteiger partial charge in [0.1, 0.15) is 11.5 Å². The van der Waals surface area contributed by atoms with Crippen LogP contribution in [0.3, 0.4) is 0 Å². The minimum atomic E-state index is -0.0943. The fourth-order valence-corrected chi connectivity index (χ4v) is 2.36. The molecule has 0 bridgehead atoms. The lowest BCUT2D eigenvalue weighted by Gasteiger charge is -2.10. The molecular formula is C12H12BrClN4OS. The van der Waals surface area contributed by atoms with Gasteiger partial charge >= 0.3 is 0 Å². The Hall–Kier alpha value is -1.05. The fraction of sp³-hybridized carbons (Fsp3) is 0.250. The van der Waals surface area contributed by atoms with Gasteiger partial charge in [0, 0.05) is 24.7 Å². The Morgan fingerprint density at radius 3 is 3.10 bits per heavy atom. The highest BCUT2D eigenvalue weighted by Crippen LogP contribution is 2.22. The van der Waals surface area contributed by atoms with Crippen molar-refractivity contribution in [3.8, 4) is 0 Å². The van der Waals surface area contributed by atoms with Crippen LogP contribution in [0, 0.1) is 0 Å². The standard InChI is InChI=1S/C12H12BrClN4OS/c1-20-6-5-18-4-2-3-9(11(18)19)16-10-8(13)7-15-12(14)17-10/h2-4,7H,5-6H2,1H3,(H,15,16,17). The Morgan fingerprint density at radius 1 is 1.55 bits per heavy atom. The first-order chi connectivity index (χ1) is 9.61. The molecule has 0 aromatic carbocycles. The molecule has 0 radical (unpaired) electrons. The number of pyridine rings is 1. The van der Waals surface area contributed by atoms with Crippen molar-refractivity contribution in [1.82, 2.24) is 14.5 Å². The summed E-state index contributed by atoms with van der Waals surface area (Å²) >= 11 is 10.8. The summed E-state index contributed by atoms with van der Waals surface area (Å²) in [7, 11) is 0. The Kier molecular flexibility index (Phi) is 5.45. The molecule has 5 nitrogen and oxygen atoms in total. The van der Waals surface area contributed by atoms with Crippen molar-refractivity contribution in [3.05, 3.63) is 44.6 Å². The Balaban J connectivity index is 2.29. The van der Waals surface area contributed by atoms with Gasteiger partial charge in [0.05, 0.1) is 4.47 Å². The first-order valence-electron chi connectivity index (χ1n) is 5.75. The van der Waals surface area contributed by atoms with Gasteiger partial charge < -0.3 is 9.88 Å². The quantitative estimate of drug-likeness (QED) is 0.814. The number of rotatable bonds is 5. The van der Waals surface area contributed by atoms with E-state index in [0.29, 0.717) is 22.5 Å². The molecule has 0 amide bonds. The van der Waals surface area contributed by atoms with Gasteiger partial charge in [-0.15, -0.1) is 0 Å². The Labute approximate surface area is 133 Å². The number of hydrogen-bond donors (Lipinski definition) is 1. The molecule has 0 fully saturated rings. The van der Waals surface area contributed by atoms with Crippen molar-refractivity contribution in [2.24, 2.45) is 0 Å². The number of thioether (sulfide) groups is 1. The minimum absolute atomic E-state index is 0.0943. The number of hydrogen-bond acceptors (Lipinski definition) is 5. The topological polar surface area (TPSA) is 59.8 Å². The van der Waals surface area contributed by atoms with E-state index in [0.717, 1.165) is 5.75 Å². The van der Waals surface area contributed by atoms with Gasteiger partial charge in [-0.3, -0.25) is 4.79 Å². The Bertz CT molecular complexity index is 664. The summed E-state index contributed by atoms with van der Waals surface area (Å²) in [6, 6.07) is 3.53. The first kappa shape index (κ1) is 15.3. The molecule has 2 rings (SSSR count). The van der Waals surface area contributed by atoms with Crippen LogP contribution in [-0.2, 0) is 6.54 Å². The van der Waals surface area contributed by atoms with Gasteiger partial charge in [0.15, 0.2) is 0 Å². The summed E-state index contributed by atoms with van der Waals surface area (Å²) in [5.41, 5.74) is 0.354. The number of nitrogens with zero attached hydrogens (tertiary/aromatic N) is 3. The summed E-state index contributed by atoms with van der Waals surface area (Å²) in [4.78, 5) is 20.2. The van der Waals surface area contributed by atoms with Gasteiger partial charge in [0.2, 0.25) is 5.28 Å². The zero-order chi connectivity index (χ0) is 14.5. The molecule has 0 saturated carbocycles. The molecule has 0 aliphatic carbocycles. The Morgan fingerprint density at radius 2 is 2.35 bits per heavy atom. The van der Waals surface area contributed by atoms with Crippen molar-refractivity contribution in [1.29, 1.82) is 0 Å². The highest BCUT2D eigenvalue weighted by molar-refractivity contribution is 9.10. The van der Waals surface area contributed by atoms with Gasteiger partial charge in [0.25, 0.3) is 5.56 Å². The average Bonchev–Trinajstić information content (AvgIpc) is 2.44. The van der Waals surface area contributed by atoms with Crippen LogP contribution in [0.2, 0.25) is 5.28 Å². The van der Waals surface area contributed by atoms with E-state index in [2.05, 4.69) is 31.2 Å². The normalized spacial score (nSPS) is 10.6. The minimum Gasteiger partial charge on any atom is -0.335 e. The number of aromatic nitrogens is 3. The highest BCUT2D eigenvalue weighted by Gasteiger charge is 2.08. The summed E-state index contributed by atoms with van der Waals surface area (Å²) in [5, 5.41) is 3.10. The molecule has 8 heteroatoms. The lowest BCUT2D eigenvalue weighted by atomic mass is 10.4. The van der Waals surface area contributed by atoms with Crippen LogP contribution in [-0.4, -0.2) is 26.5 Å². The van der Waals surface area contributed by atoms with Gasteiger partial charge in [-0.05, 0) is 45.9 Å². The third kappa shape index (κ3) is 3.74. The van der Waals surface area contributed by atoms with Crippen molar-refractivity contribution >= 4 is 50.8 Å². The molecule has 2 aromatic rings. The van der Waals surface area contributed by atoms with Gasteiger partial charge in [-0.1, -0.05) is 0 Å². The average molecular weight is 376 g/mol. The second-order valence-corrected chi connectivity index (χ2v) is 6.05. The van der Waals surface area contributed by atoms with E-state index < -0.39 is 0 Å². The third-order valence-corrected chi connectivity index (χ3v) is 3.88. The molecular weight excluding hydrogens is 364 g/mol. The van der Waals surface area contributed by atoms with Crippen LogP contribution < -0.4 is 10.9 Å². The zero-order valence-corrected chi connectivity index (χ0v) is 13.8. The number of halogens is 2. The van der Waals surface area contributed by atoms with Gasteiger partial charge in [-0.25, -0.2) is 4.98 Å². The van der Waals surface area contributed by atoms with Crippen molar-refractivity contribution in [3.63, 3.8) is 0 Å². The maximum atomic E-state index is 12.3. The number of nitrogens with one attached hydrogen (secondary N) is 1. The van der Waals surface area contributed by atoms with E-state index in [-0.39, 0.29) is 10.8 Å². The molecule has 20 heavy (non-hydrogen) atoms. The SMILES string of the molecule is CSCCn1cccc(Nc2nc(Cl)ncc2Br)c1=O. The maximum Gasteiger partial charge on any atom is 0.274 e. The lowest BCUT2D eigenvalue weighted by Crippen LogP contribution is -2.22. The highest BCUT2D eigenvalue weighted by atomic mass is 79.9. The van der Waals surface area contributed by atoms with E-state index in [9.17, 15) is 4.79 Å². The van der Waals surface area contributed by atoms with Gasteiger partial charge in [-0.2, -0.15) is 16.7 Å². The van der Waals surface area contributed by atoms with E-state index in [1.165, 1.54) is 6.20 Å². The van der Waals surface area contributed by atoms with Crippen LogP contribution >= 0.6 is 39.3 Å². The monoisotopic (exact) mass is 374 g/mol. The predicted molar refractivity (Wildman–Crippen MR) is 87.1 cm³/mol. The van der Waals surface area contributed by atoms with Crippen LogP contribution in [0.25, 0.3) is 0 Å². The first-order valence-corrected chi connectivity index (χ1v) is 8.31. The predicted octanol–water partition coefficient (Wildman–Crippen LogP) is 3.16. The second-order valence-electron chi connectivity index (χ2n) is 3.87. The second kappa shape index (κ2) is 7.10.